The number of aromatic amines is 1. The van der Waals surface area contributed by atoms with Gasteiger partial charge in [0.25, 0.3) is 11.5 Å². The average molecular weight is 420 g/mol. The molecule has 3 aromatic rings. The van der Waals surface area contributed by atoms with E-state index in [9.17, 15) is 9.59 Å². The van der Waals surface area contributed by atoms with Gasteiger partial charge in [-0.15, -0.1) is 0 Å². The van der Waals surface area contributed by atoms with Crippen LogP contribution in [0.25, 0.3) is 32.6 Å². The molecule has 0 saturated heterocycles. The highest BCUT2D eigenvalue weighted by molar-refractivity contribution is 6.01. The number of anilines is 1. The van der Waals surface area contributed by atoms with E-state index in [1.807, 2.05) is 32.9 Å². The first-order chi connectivity index (χ1) is 14.7. The van der Waals surface area contributed by atoms with Crippen LogP contribution in [0.1, 0.15) is 49.3 Å². The lowest BCUT2D eigenvalue weighted by molar-refractivity contribution is 0.0955. The number of benzene rings is 1. The van der Waals surface area contributed by atoms with Crippen molar-refractivity contribution in [2.75, 3.05) is 11.9 Å². The summed E-state index contributed by atoms with van der Waals surface area (Å²) < 4.78 is 1.51. The molecule has 4 rings (SSSR count). The number of fused-ring (bicyclic) bond motifs is 2. The van der Waals surface area contributed by atoms with Crippen molar-refractivity contribution >= 4 is 22.8 Å². The van der Waals surface area contributed by atoms with Gasteiger partial charge in [-0.3, -0.25) is 14.2 Å². The van der Waals surface area contributed by atoms with Gasteiger partial charge < -0.3 is 15.6 Å². The number of H-pyrrole nitrogens is 1. The monoisotopic (exact) mass is 420 g/mol. The number of rotatable bonds is 5. The van der Waals surface area contributed by atoms with Crippen molar-refractivity contribution in [1.82, 2.24) is 19.9 Å². The van der Waals surface area contributed by atoms with Gasteiger partial charge in [-0.2, -0.15) is 0 Å². The van der Waals surface area contributed by atoms with Crippen LogP contribution >= 0.6 is 0 Å². The largest absolute Gasteiger partial charge is 0.356 e. The summed E-state index contributed by atoms with van der Waals surface area (Å²) in [5, 5.41) is 10.2. The average Bonchev–Trinajstić information content (AvgIpc) is 3.26. The maximum Gasteiger partial charge on any atom is 0.262 e. The summed E-state index contributed by atoms with van der Waals surface area (Å²) in [6.45, 7) is 6.28. The first-order valence-electron chi connectivity index (χ1n) is 10.0. The highest BCUT2D eigenvalue weighted by Crippen LogP contribution is 2.34. The lowest BCUT2D eigenvalue weighted by Crippen LogP contribution is -2.32. The molecule has 10 heteroatoms. The normalized spacial score (nSPS) is 15.5. The molecule has 0 bridgehead atoms. The summed E-state index contributed by atoms with van der Waals surface area (Å²) in [5.41, 5.74) is 11.4. The van der Waals surface area contributed by atoms with Crippen LogP contribution in [0.5, 0.6) is 0 Å². The number of azide groups is 1. The molecule has 3 N–H and O–H groups in total. The Bertz CT molecular complexity index is 1290. The smallest absolute Gasteiger partial charge is 0.262 e. The summed E-state index contributed by atoms with van der Waals surface area (Å²) in [4.78, 5) is 36.2. The van der Waals surface area contributed by atoms with E-state index in [0.717, 1.165) is 11.3 Å². The summed E-state index contributed by atoms with van der Waals surface area (Å²) in [7, 11) is 1.69. The third kappa shape index (κ3) is 3.73. The van der Waals surface area contributed by atoms with Gasteiger partial charge in [0.2, 0.25) is 5.95 Å². The SMILES string of the molecule is Cn1c(NC(C)(C)C)nc2c(-c3cc4c([nH]3)[C@@H](CCN=[N+]=[N-])NC4=O)cccc2c1=O. The Labute approximate surface area is 178 Å². The van der Waals surface area contributed by atoms with Crippen molar-refractivity contribution in [3.63, 3.8) is 0 Å². The van der Waals surface area contributed by atoms with Gasteiger partial charge in [-0.1, -0.05) is 17.2 Å². The first-order valence-corrected chi connectivity index (χ1v) is 10.0. The predicted octanol–water partition coefficient (Wildman–Crippen LogP) is 3.62. The van der Waals surface area contributed by atoms with Crippen LogP contribution in [-0.2, 0) is 7.05 Å². The van der Waals surface area contributed by atoms with E-state index in [-0.39, 0.29) is 29.6 Å². The van der Waals surface area contributed by atoms with E-state index in [4.69, 9.17) is 10.5 Å². The van der Waals surface area contributed by atoms with Gasteiger partial charge in [0.05, 0.1) is 28.2 Å². The maximum absolute atomic E-state index is 13.0. The van der Waals surface area contributed by atoms with E-state index >= 15 is 0 Å². The summed E-state index contributed by atoms with van der Waals surface area (Å²) in [5.74, 6) is 0.296. The highest BCUT2D eigenvalue weighted by Gasteiger charge is 2.31. The topological polar surface area (TPSA) is 141 Å². The van der Waals surface area contributed by atoms with E-state index in [1.165, 1.54) is 4.57 Å². The molecule has 0 aliphatic carbocycles. The van der Waals surface area contributed by atoms with Crippen molar-refractivity contribution in [2.24, 2.45) is 12.2 Å². The molecular formula is C21H24N8O2. The molecule has 1 atom stereocenters. The van der Waals surface area contributed by atoms with Crippen molar-refractivity contribution in [3.05, 3.63) is 56.3 Å². The van der Waals surface area contributed by atoms with Gasteiger partial charge in [-0.25, -0.2) is 4.98 Å². The van der Waals surface area contributed by atoms with Gasteiger partial charge >= 0.3 is 0 Å². The number of nitrogens with zero attached hydrogens (tertiary/aromatic N) is 5. The number of carbonyl (C=O) groups is 1. The Morgan fingerprint density at radius 2 is 2.06 bits per heavy atom. The Morgan fingerprint density at radius 3 is 2.77 bits per heavy atom. The Hall–Kier alpha value is -3.78. The number of hydrogen-bond donors (Lipinski definition) is 3. The van der Waals surface area contributed by atoms with Crippen LogP contribution in [0.15, 0.2) is 34.2 Å². The van der Waals surface area contributed by atoms with Crippen LogP contribution in [-0.4, -0.2) is 32.5 Å². The van der Waals surface area contributed by atoms with E-state index in [2.05, 4.69) is 25.6 Å². The molecule has 10 nitrogen and oxygen atoms in total. The first kappa shape index (κ1) is 20.5. The third-order valence-electron chi connectivity index (χ3n) is 5.21. The molecule has 0 unspecified atom stereocenters. The van der Waals surface area contributed by atoms with Gasteiger partial charge in [-0.05, 0) is 44.9 Å². The standard InChI is InChI=1S/C21H24N8O2/c1-21(2,3)27-20-26-16-11(6-5-7-12(16)19(31)29(20)4)15-10-13-17(24-15)14(25-18(13)30)8-9-23-28-22/h5-7,10,14,24H,8-9H2,1-4H3,(H,25,30)(H,26,27)/t14-/m1/s1. The van der Waals surface area contributed by atoms with E-state index in [0.29, 0.717) is 34.5 Å². The van der Waals surface area contributed by atoms with Gasteiger partial charge in [0.15, 0.2) is 0 Å². The molecule has 2 aromatic heterocycles. The molecule has 1 aromatic carbocycles. The molecule has 0 fully saturated rings. The third-order valence-corrected chi connectivity index (χ3v) is 5.21. The molecule has 1 amide bonds. The Morgan fingerprint density at radius 1 is 1.29 bits per heavy atom. The fourth-order valence-electron chi connectivity index (χ4n) is 3.79. The van der Waals surface area contributed by atoms with E-state index in [1.54, 1.807) is 19.2 Å². The molecule has 1 aliphatic rings. The number of aromatic nitrogens is 3. The zero-order chi connectivity index (χ0) is 22.3. The van der Waals surface area contributed by atoms with Crippen LogP contribution in [0.3, 0.4) is 0 Å². The molecule has 1 aliphatic heterocycles. The van der Waals surface area contributed by atoms with E-state index < -0.39 is 0 Å². The fraction of sp³-hybridized carbons (Fsp3) is 0.381. The number of para-hydroxylation sites is 1. The van der Waals surface area contributed by atoms with Crippen LogP contribution in [0.4, 0.5) is 5.95 Å². The molecule has 0 saturated carbocycles. The van der Waals surface area contributed by atoms with Gasteiger partial charge in [0.1, 0.15) is 0 Å². The molecule has 0 spiro atoms. The maximum atomic E-state index is 13.0. The number of nitrogens with one attached hydrogen (secondary N) is 3. The van der Waals surface area contributed by atoms with Crippen molar-refractivity contribution in [1.29, 1.82) is 0 Å². The molecule has 3 heterocycles. The minimum atomic E-state index is -0.273. The highest BCUT2D eigenvalue weighted by atomic mass is 16.2. The summed E-state index contributed by atoms with van der Waals surface area (Å²) in [6.07, 6.45) is 0.497. The van der Waals surface area contributed by atoms with Crippen LogP contribution in [0, 0.1) is 0 Å². The zero-order valence-electron chi connectivity index (χ0n) is 17.9. The lowest BCUT2D eigenvalue weighted by atomic mass is 10.1. The number of carbonyl (C=O) groups excluding carboxylic acids is 1. The van der Waals surface area contributed by atoms with Crippen LogP contribution in [0.2, 0.25) is 0 Å². The van der Waals surface area contributed by atoms with Crippen molar-refractivity contribution in [2.45, 2.75) is 38.8 Å². The fourth-order valence-corrected chi connectivity index (χ4v) is 3.79. The minimum absolute atomic E-state index is 0.150. The van der Waals surface area contributed by atoms with Crippen molar-refractivity contribution < 1.29 is 4.79 Å². The van der Waals surface area contributed by atoms with Crippen molar-refractivity contribution in [3.8, 4) is 11.3 Å². The second kappa shape index (κ2) is 7.48. The molecule has 0 radical (unpaired) electrons. The quantitative estimate of drug-likeness (QED) is 0.329. The number of hydrogen-bond acceptors (Lipinski definition) is 5. The summed E-state index contributed by atoms with van der Waals surface area (Å²) >= 11 is 0. The predicted molar refractivity (Wildman–Crippen MR) is 119 cm³/mol. The Kier molecular flexibility index (Phi) is 4.94. The minimum Gasteiger partial charge on any atom is -0.356 e. The van der Waals surface area contributed by atoms with Gasteiger partial charge in [0, 0.05) is 35.3 Å². The second-order valence-electron chi connectivity index (χ2n) is 8.66. The Balaban J connectivity index is 1.83. The second-order valence-corrected chi connectivity index (χ2v) is 8.66. The molecular weight excluding hydrogens is 396 g/mol. The zero-order valence-corrected chi connectivity index (χ0v) is 17.9. The molecule has 31 heavy (non-hydrogen) atoms. The van der Waals surface area contributed by atoms with Crippen LogP contribution < -0.4 is 16.2 Å². The lowest BCUT2D eigenvalue weighted by Gasteiger charge is -2.23. The number of amides is 1. The molecule has 160 valence electrons. The summed E-state index contributed by atoms with van der Waals surface area (Å²) in [6, 6.07) is 6.96.